The van der Waals surface area contributed by atoms with E-state index in [0.717, 1.165) is 5.56 Å². The molecule has 1 aromatic carbocycles. The fourth-order valence-electron chi connectivity index (χ4n) is 2.62. The molecule has 0 aliphatic carbocycles. The molecule has 1 saturated heterocycles. The van der Waals surface area contributed by atoms with Crippen molar-refractivity contribution >= 4 is 5.91 Å². The summed E-state index contributed by atoms with van der Waals surface area (Å²) in [5.74, 6) is -0.460. The van der Waals surface area contributed by atoms with Gasteiger partial charge in [0.2, 0.25) is 5.91 Å². The number of benzene rings is 1. The zero-order chi connectivity index (χ0) is 17.7. The van der Waals surface area contributed by atoms with Gasteiger partial charge in [0.1, 0.15) is 24.4 Å². The molecule has 0 bridgehead atoms. The first-order valence-electron chi connectivity index (χ1n) is 7.50. The zero-order valence-electron chi connectivity index (χ0n) is 12.9. The molecule has 0 spiro atoms. The average molecular weight is 337 g/mol. The van der Waals surface area contributed by atoms with Crippen molar-refractivity contribution in [3.63, 3.8) is 0 Å². The third-order valence-corrected chi connectivity index (χ3v) is 3.86. The minimum absolute atomic E-state index is 0.00781. The van der Waals surface area contributed by atoms with E-state index >= 15 is 0 Å². The normalized spacial score (nSPS) is 29.7. The highest BCUT2D eigenvalue weighted by molar-refractivity contribution is 5.79. The molecule has 1 unspecified atom stereocenters. The third-order valence-electron chi connectivity index (χ3n) is 3.86. The molecule has 8 nitrogen and oxygen atoms in total. The Morgan fingerprint density at radius 1 is 1.25 bits per heavy atom. The molecule has 1 amide bonds. The fraction of sp³-hybridized carbons (Fsp3) is 0.500. The summed E-state index contributed by atoms with van der Waals surface area (Å²) in [6, 6.07) is 5.92. The number of carbonyl (C=O) groups excluding carboxylic acids is 1. The van der Waals surface area contributed by atoms with E-state index in [1.165, 1.54) is 0 Å². The van der Waals surface area contributed by atoms with Gasteiger partial charge in [0, 0.05) is 5.56 Å². The molecular formula is C16H21N2O6+. The van der Waals surface area contributed by atoms with Gasteiger partial charge in [-0.3, -0.25) is 4.79 Å². The first kappa shape index (κ1) is 18.3. The van der Waals surface area contributed by atoms with E-state index in [4.69, 9.17) is 16.4 Å². The average Bonchev–Trinajstić information content (AvgIpc) is 2.55. The van der Waals surface area contributed by atoms with Crippen molar-refractivity contribution in [1.82, 2.24) is 5.32 Å². The van der Waals surface area contributed by atoms with Crippen LogP contribution in [0.1, 0.15) is 11.1 Å². The van der Waals surface area contributed by atoms with Crippen molar-refractivity contribution in [2.24, 2.45) is 0 Å². The van der Waals surface area contributed by atoms with Crippen molar-refractivity contribution in [3.05, 3.63) is 40.2 Å². The quantitative estimate of drug-likeness (QED) is 0.451. The van der Waals surface area contributed by atoms with Crippen LogP contribution in [0.4, 0.5) is 0 Å². The number of nitrogens with zero attached hydrogens (tertiary/aromatic N) is 1. The highest BCUT2D eigenvalue weighted by Crippen LogP contribution is 2.20. The number of hydrogen-bond acceptors (Lipinski definition) is 6. The molecule has 130 valence electrons. The maximum atomic E-state index is 12.1. The number of carbonyl (C=O) groups is 1. The number of aliphatic hydroxyl groups excluding tert-OH is 4. The Kier molecular flexibility index (Phi) is 6.25. The van der Waals surface area contributed by atoms with E-state index < -0.39 is 43.2 Å². The Bertz CT molecular complexity index is 617. The number of ether oxygens (including phenoxy) is 1. The predicted octanol–water partition coefficient (Wildman–Crippen LogP) is -1.39. The topological polar surface area (TPSA) is 124 Å². The summed E-state index contributed by atoms with van der Waals surface area (Å²) < 4.78 is 4.99. The Morgan fingerprint density at radius 3 is 2.62 bits per heavy atom. The first-order valence-corrected chi connectivity index (χ1v) is 7.50. The Balaban J connectivity index is 1.99. The van der Waals surface area contributed by atoms with Crippen LogP contribution in [0, 0.1) is 6.57 Å². The van der Waals surface area contributed by atoms with Gasteiger partial charge in [0.15, 0.2) is 6.29 Å². The maximum Gasteiger partial charge on any atom is 0.288 e. The van der Waals surface area contributed by atoms with Crippen LogP contribution in [0.15, 0.2) is 24.3 Å². The van der Waals surface area contributed by atoms with E-state index in [1.54, 1.807) is 18.2 Å². The van der Waals surface area contributed by atoms with E-state index in [2.05, 4.69) is 10.2 Å². The van der Waals surface area contributed by atoms with Gasteiger partial charge in [-0.1, -0.05) is 23.0 Å². The largest absolute Gasteiger partial charge is 0.394 e. The van der Waals surface area contributed by atoms with Crippen molar-refractivity contribution in [3.8, 4) is 6.57 Å². The van der Waals surface area contributed by atoms with Gasteiger partial charge < -0.3 is 30.5 Å². The molecule has 5 N–H and O–H groups in total. The van der Waals surface area contributed by atoms with Crippen LogP contribution in [-0.4, -0.2) is 63.6 Å². The second-order valence-electron chi connectivity index (χ2n) is 5.66. The molecule has 24 heavy (non-hydrogen) atoms. The predicted molar refractivity (Wildman–Crippen MR) is 84.1 cm³/mol. The Labute approximate surface area is 139 Å². The number of hydrogen-bond donors (Lipinski definition) is 5. The van der Waals surface area contributed by atoms with Crippen LogP contribution < -0.4 is 5.32 Å². The Hall–Kier alpha value is -2.02. The number of nitrogens with one attached hydrogen (secondary N) is 1. The van der Waals surface area contributed by atoms with Gasteiger partial charge >= 0.3 is 0 Å². The smallest absolute Gasteiger partial charge is 0.288 e. The molecule has 2 rings (SSSR count). The summed E-state index contributed by atoms with van der Waals surface area (Å²) in [4.78, 5) is 15.7. The summed E-state index contributed by atoms with van der Waals surface area (Å²) in [6.45, 7) is 4.91. The van der Waals surface area contributed by atoms with E-state index in [-0.39, 0.29) is 6.42 Å². The summed E-state index contributed by atoms with van der Waals surface area (Å²) in [5, 5.41) is 41.1. The number of aliphatic hydroxyl groups is 4. The number of rotatable bonds is 5. The van der Waals surface area contributed by atoms with Crippen LogP contribution in [0.5, 0.6) is 0 Å². The second-order valence-corrected chi connectivity index (χ2v) is 5.66. The molecule has 1 aliphatic rings. The van der Waals surface area contributed by atoms with Gasteiger partial charge in [0.25, 0.3) is 13.1 Å². The van der Waals surface area contributed by atoms with Gasteiger partial charge in [-0.15, -0.1) is 0 Å². The monoisotopic (exact) mass is 337 g/mol. The van der Waals surface area contributed by atoms with Gasteiger partial charge in [-0.05, 0) is 11.6 Å². The molecule has 5 atom stereocenters. The molecule has 0 saturated carbocycles. The van der Waals surface area contributed by atoms with Crippen molar-refractivity contribution in [2.75, 3.05) is 6.61 Å². The lowest BCUT2D eigenvalue weighted by molar-refractivity contribution is -0.253. The number of amides is 1. The van der Waals surface area contributed by atoms with Crippen LogP contribution >= 0.6 is 0 Å². The van der Waals surface area contributed by atoms with Gasteiger partial charge in [0.05, 0.1) is 13.0 Å². The lowest BCUT2D eigenvalue weighted by atomic mass is 9.96. The molecule has 1 heterocycles. The summed E-state index contributed by atoms with van der Waals surface area (Å²) in [5.41, 5.74) is 1.56. The lowest BCUT2D eigenvalue weighted by Crippen LogP contribution is -2.64. The first-order chi connectivity index (χ1) is 11.5. The van der Waals surface area contributed by atoms with Crippen LogP contribution in [0.25, 0.3) is 4.85 Å². The van der Waals surface area contributed by atoms with E-state index in [9.17, 15) is 20.1 Å². The van der Waals surface area contributed by atoms with Gasteiger partial charge in [-0.25, -0.2) is 0 Å². The van der Waals surface area contributed by atoms with Crippen LogP contribution in [0.2, 0.25) is 0 Å². The van der Waals surface area contributed by atoms with E-state index in [1.807, 2.05) is 6.07 Å². The third kappa shape index (κ3) is 4.29. The molecule has 0 aromatic heterocycles. The lowest BCUT2D eigenvalue weighted by Gasteiger charge is -2.40. The molecular weight excluding hydrogens is 316 g/mol. The highest BCUT2D eigenvalue weighted by Gasteiger charge is 2.44. The van der Waals surface area contributed by atoms with E-state index in [0.29, 0.717) is 12.1 Å². The fourth-order valence-corrected chi connectivity index (χ4v) is 2.62. The van der Waals surface area contributed by atoms with Crippen LogP contribution in [-0.2, 0) is 22.5 Å². The summed E-state index contributed by atoms with van der Waals surface area (Å²) in [6.07, 6.45) is -5.52. The highest BCUT2D eigenvalue weighted by atomic mass is 16.6. The SMILES string of the molecule is C#[N+]Cc1cccc(CC(=O)N[C@@H]2C(O)O[C@H](CO)[C@@H](O)[C@@H]2O)c1. The van der Waals surface area contributed by atoms with Gasteiger partial charge in [-0.2, -0.15) is 0 Å². The molecule has 8 heteroatoms. The minimum Gasteiger partial charge on any atom is -0.394 e. The zero-order valence-corrected chi connectivity index (χ0v) is 12.9. The van der Waals surface area contributed by atoms with Crippen molar-refractivity contribution in [2.45, 2.75) is 43.6 Å². The summed E-state index contributed by atoms with van der Waals surface area (Å²) >= 11 is 0. The maximum absolute atomic E-state index is 12.1. The molecule has 1 aliphatic heterocycles. The Morgan fingerprint density at radius 2 is 1.96 bits per heavy atom. The van der Waals surface area contributed by atoms with Crippen molar-refractivity contribution < 1.29 is 30.0 Å². The molecule has 1 fully saturated rings. The molecule has 1 aromatic rings. The second kappa shape index (κ2) is 8.19. The molecule has 0 radical (unpaired) electrons. The minimum atomic E-state index is -1.54. The summed E-state index contributed by atoms with van der Waals surface area (Å²) in [7, 11) is 0. The standard InChI is InChI=1S/C16H20N2O6/c1-17-7-10-4-2-3-9(5-10)6-12(20)18-13-15(22)14(21)11(8-19)24-16(13)23/h1-5,11,13-16,19,21-23H,6-8H2/p+1/t11-,13+,14-,15-,16?/m1/s1. The van der Waals surface area contributed by atoms with Crippen LogP contribution in [0.3, 0.4) is 0 Å². The van der Waals surface area contributed by atoms with Crippen molar-refractivity contribution in [1.29, 1.82) is 0 Å².